The minimum atomic E-state index is -0.175. The maximum atomic E-state index is 12.6. The highest BCUT2D eigenvalue weighted by Gasteiger charge is 2.15. The number of nitrogens with zero attached hydrogens (tertiary/aromatic N) is 5. The van der Waals surface area contributed by atoms with Crippen molar-refractivity contribution in [3.63, 3.8) is 0 Å². The summed E-state index contributed by atoms with van der Waals surface area (Å²) in [4.78, 5) is 16.5. The van der Waals surface area contributed by atoms with Gasteiger partial charge in [-0.25, -0.2) is 14.3 Å². The van der Waals surface area contributed by atoms with Gasteiger partial charge in [-0.1, -0.05) is 29.8 Å². The van der Waals surface area contributed by atoms with Gasteiger partial charge in [0.2, 0.25) is 0 Å². The average Bonchev–Trinajstić information content (AvgIpc) is 3.36. The van der Waals surface area contributed by atoms with Gasteiger partial charge in [-0.2, -0.15) is 10.2 Å². The number of benzene rings is 2. The average molecular weight is 393 g/mol. The molecule has 2 aromatic carbocycles. The molecule has 1 N–H and O–H groups in total. The monoisotopic (exact) mass is 392 g/mol. The van der Waals surface area contributed by atoms with Crippen molar-refractivity contribution in [2.24, 2.45) is 0 Å². The van der Waals surface area contributed by atoms with Gasteiger partial charge in [0, 0.05) is 11.6 Å². The van der Waals surface area contributed by atoms with Gasteiger partial charge >= 0.3 is 0 Å². The molecular weight excluding hydrogens is 376 g/mol. The third-order valence-electron chi connectivity index (χ3n) is 4.38. The lowest BCUT2D eigenvalue weighted by Crippen LogP contribution is -2.23. The molecule has 0 bridgehead atoms. The second-order valence-electron chi connectivity index (χ2n) is 6.22. The lowest BCUT2D eigenvalue weighted by molar-refractivity contribution is 0.0950. The summed E-state index contributed by atoms with van der Waals surface area (Å²) in [5.74, 6) is -0.175. The fraction of sp³-hybridized carbons (Fsp3) is 0.100. The number of carbonyl (C=O) groups is 1. The first-order chi connectivity index (χ1) is 13.6. The van der Waals surface area contributed by atoms with Gasteiger partial charge in [0.15, 0.2) is 0 Å². The minimum Gasteiger partial charge on any atom is -0.348 e. The second-order valence-corrected chi connectivity index (χ2v) is 6.66. The highest BCUT2D eigenvalue weighted by molar-refractivity contribution is 6.30. The molecule has 140 valence electrons. The fourth-order valence-electron chi connectivity index (χ4n) is 2.89. The van der Waals surface area contributed by atoms with Crippen LogP contribution in [0.25, 0.3) is 11.4 Å². The number of rotatable bonds is 5. The number of amides is 1. The van der Waals surface area contributed by atoms with Crippen LogP contribution in [0.1, 0.15) is 21.6 Å². The maximum Gasteiger partial charge on any atom is 0.255 e. The van der Waals surface area contributed by atoms with Crippen molar-refractivity contribution in [1.82, 2.24) is 29.9 Å². The lowest BCUT2D eigenvalue weighted by Gasteiger charge is -2.08. The number of hydrogen-bond acceptors (Lipinski definition) is 4. The highest BCUT2D eigenvalue weighted by Crippen LogP contribution is 2.18. The first kappa shape index (κ1) is 17.9. The normalized spacial score (nSPS) is 10.8. The summed E-state index contributed by atoms with van der Waals surface area (Å²) in [7, 11) is 0. The Morgan fingerprint density at radius 1 is 1.11 bits per heavy atom. The van der Waals surface area contributed by atoms with Gasteiger partial charge < -0.3 is 5.32 Å². The van der Waals surface area contributed by atoms with Crippen molar-refractivity contribution in [1.29, 1.82) is 0 Å². The molecule has 7 nitrogen and oxygen atoms in total. The zero-order valence-corrected chi connectivity index (χ0v) is 15.8. The fourth-order valence-corrected chi connectivity index (χ4v) is 3.07. The Balaban J connectivity index is 1.44. The Labute approximate surface area is 166 Å². The second kappa shape index (κ2) is 7.66. The first-order valence-electron chi connectivity index (χ1n) is 8.64. The lowest BCUT2D eigenvalue weighted by atomic mass is 10.2. The van der Waals surface area contributed by atoms with E-state index in [0.717, 1.165) is 22.6 Å². The number of carbonyl (C=O) groups excluding carboxylic acids is 1. The topological polar surface area (TPSA) is 77.6 Å². The van der Waals surface area contributed by atoms with Gasteiger partial charge in [-0.3, -0.25) is 4.79 Å². The Hall–Kier alpha value is -3.45. The van der Waals surface area contributed by atoms with Crippen molar-refractivity contribution in [3.05, 3.63) is 89.2 Å². The van der Waals surface area contributed by atoms with Gasteiger partial charge in [-0.15, -0.1) is 0 Å². The zero-order valence-electron chi connectivity index (χ0n) is 15.1. The third-order valence-corrected chi connectivity index (χ3v) is 4.61. The van der Waals surface area contributed by atoms with Crippen molar-refractivity contribution >= 4 is 17.5 Å². The van der Waals surface area contributed by atoms with E-state index >= 15 is 0 Å². The number of nitrogens with one attached hydrogen (secondary N) is 1. The standard InChI is InChI=1S/C20H17ClN6O/c1-14-19(11-24-27(14)18-4-2-3-16(21)9-18)20(28)23-10-15-5-7-17(8-6-15)26-13-22-12-25-26/h2-9,11-13H,10H2,1H3,(H,23,28). The zero-order chi connectivity index (χ0) is 19.5. The molecule has 4 aromatic rings. The molecule has 0 fully saturated rings. The van der Waals surface area contributed by atoms with E-state index in [2.05, 4.69) is 20.5 Å². The quantitative estimate of drug-likeness (QED) is 0.565. The van der Waals surface area contributed by atoms with E-state index in [-0.39, 0.29) is 5.91 Å². The highest BCUT2D eigenvalue weighted by atomic mass is 35.5. The molecule has 0 saturated heterocycles. The summed E-state index contributed by atoms with van der Waals surface area (Å²) >= 11 is 6.05. The molecule has 0 aliphatic carbocycles. The van der Waals surface area contributed by atoms with E-state index in [0.29, 0.717) is 17.1 Å². The molecule has 0 unspecified atom stereocenters. The molecule has 1 amide bonds. The molecule has 2 aromatic heterocycles. The first-order valence-corrected chi connectivity index (χ1v) is 9.02. The van der Waals surface area contributed by atoms with Crippen LogP contribution in [-0.4, -0.2) is 30.5 Å². The van der Waals surface area contributed by atoms with E-state index in [1.165, 1.54) is 6.33 Å². The predicted octanol–water partition coefficient (Wildman–Crippen LogP) is 3.34. The summed E-state index contributed by atoms with van der Waals surface area (Å²) in [5, 5.41) is 12.0. The van der Waals surface area contributed by atoms with Crippen LogP contribution in [0.4, 0.5) is 0 Å². The molecule has 8 heteroatoms. The minimum absolute atomic E-state index is 0.175. The number of aromatic nitrogens is 5. The third kappa shape index (κ3) is 3.65. The van der Waals surface area contributed by atoms with E-state index in [4.69, 9.17) is 11.6 Å². The van der Waals surface area contributed by atoms with E-state index in [1.807, 2.05) is 43.3 Å². The molecule has 0 radical (unpaired) electrons. The van der Waals surface area contributed by atoms with Gasteiger partial charge in [0.25, 0.3) is 5.91 Å². The van der Waals surface area contributed by atoms with Crippen LogP contribution in [0.2, 0.25) is 5.02 Å². The largest absolute Gasteiger partial charge is 0.348 e. The number of hydrogen-bond donors (Lipinski definition) is 1. The Morgan fingerprint density at radius 2 is 1.93 bits per heavy atom. The smallest absolute Gasteiger partial charge is 0.255 e. The van der Waals surface area contributed by atoms with Crippen LogP contribution >= 0.6 is 11.6 Å². The molecule has 2 heterocycles. The van der Waals surface area contributed by atoms with Crippen LogP contribution in [0.15, 0.2) is 67.4 Å². The van der Waals surface area contributed by atoms with Gasteiger partial charge in [0.05, 0.1) is 28.8 Å². The SMILES string of the molecule is Cc1c(C(=O)NCc2ccc(-n3cncn3)cc2)cnn1-c1cccc(Cl)c1. The summed E-state index contributed by atoms with van der Waals surface area (Å²) in [6.45, 7) is 2.27. The maximum absolute atomic E-state index is 12.6. The van der Waals surface area contributed by atoms with Crippen LogP contribution in [-0.2, 0) is 6.54 Å². The van der Waals surface area contributed by atoms with Crippen LogP contribution in [0.5, 0.6) is 0 Å². The summed E-state index contributed by atoms with van der Waals surface area (Å²) in [5.41, 5.74) is 3.98. The number of halogens is 1. The summed E-state index contributed by atoms with van der Waals surface area (Å²) in [6, 6.07) is 15.1. The van der Waals surface area contributed by atoms with E-state index in [9.17, 15) is 4.79 Å². The van der Waals surface area contributed by atoms with Crippen molar-refractivity contribution in [2.45, 2.75) is 13.5 Å². The summed E-state index contributed by atoms with van der Waals surface area (Å²) < 4.78 is 3.38. The van der Waals surface area contributed by atoms with Crippen molar-refractivity contribution in [2.75, 3.05) is 0 Å². The molecule has 0 aliphatic rings. The van der Waals surface area contributed by atoms with Crippen molar-refractivity contribution < 1.29 is 4.79 Å². The molecule has 4 rings (SSSR count). The Morgan fingerprint density at radius 3 is 2.64 bits per heavy atom. The molecular formula is C20H17ClN6O. The molecule has 0 atom stereocenters. The van der Waals surface area contributed by atoms with Gasteiger partial charge in [-0.05, 0) is 42.8 Å². The summed E-state index contributed by atoms with van der Waals surface area (Å²) in [6.07, 6.45) is 4.69. The molecule has 28 heavy (non-hydrogen) atoms. The van der Waals surface area contributed by atoms with Crippen LogP contribution in [0.3, 0.4) is 0 Å². The van der Waals surface area contributed by atoms with E-state index in [1.54, 1.807) is 34.0 Å². The molecule has 0 aliphatic heterocycles. The Bertz CT molecular complexity index is 1100. The molecule has 0 saturated carbocycles. The predicted molar refractivity (Wildman–Crippen MR) is 106 cm³/mol. The van der Waals surface area contributed by atoms with Crippen LogP contribution in [0, 0.1) is 6.92 Å². The van der Waals surface area contributed by atoms with Crippen molar-refractivity contribution in [3.8, 4) is 11.4 Å². The van der Waals surface area contributed by atoms with Gasteiger partial charge in [0.1, 0.15) is 12.7 Å². The van der Waals surface area contributed by atoms with Crippen LogP contribution < -0.4 is 5.32 Å². The Kier molecular flexibility index (Phi) is 4.90. The molecule has 0 spiro atoms. The van der Waals surface area contributed by atoms with E-state index < -0.39 is 0 Å².